The van der Waals surface area contributed by atoms with Gasteiger partial charge in [0.25, 0.3) is 0 Å². The van der Waals surface area contributed by atoms with Gasteiger partial charge < -0.3 is 15.6 Å². The van der Waals surface area contributed by atoms with Crippen molar-refractivity contribution in [1.29, 1.82) is 0 Å². The third kappa shape index (κ3) is 3.15. The highest BCUT2D eigenvalue weighted by atomic mass is 16.5. The molecule has 0 saturated heterocycles. The zero-order valence-electron chi connectivity index (χ0n) is 10.2. The predicted molar refractivity (Wildman–Crippen MR) is 65.5 cm³/mol. The van der Waals surface area contributed by atoms with Crippen molar-refractivity contribution in [2.45, 2.75) is 13.5 Å². The van der Waals surface area contributed by atoms with Crippen LogP contribution in [0.1, 0.15) is 11.5 Å². The molecule has 3 N–H and O–H groups in total. The Morgan fingerprint density at radius 1 is 1.42 bits per heavy atom. The number of aromatic nitrogens is 2. The Hall–Kier alpha value is -2.70. The largest absolute Gasteiger partial charge is 0.361 e. The molecule has 19 heavy (non-hydrogen) atoms. The van der Waals surface area contributed by atoms with Crippen LogP contribution in [0.4, 0.5) is 0 Å². The van der Waals surface area contributed by atoms with E-state index < -0.39 is 11.8 Å². The number of nitrogens with zero attached hydrogens (tertiary/aromatic N) is 2. The SMILES string of the molecule is Cc1nc(-c2cccc(CNC(=O)C(N)=O)c2)no1. The third-order valence-corrected chi connectivity index (χ3v) is 2.39. The number of amides is 2. The first-order chi connectivity index (χ1) is 9.06. The fraction of sp³-hybridized carbons (Fsp3) is 0.167. The molecule has 0 spiro atoms. The maximum absolute atomic E-state index is 11.0. The molecule has 0 fully saturated rings. The Balaban J connectivity index is 2.11. The van der Waals surface area contributed by atoms with Crippen molar-refractivity contribution >= 4 is 11.8 Å². The average molecular weight is 260 g/mol. The lowest BCUT2D eigenvalue weighted by Gasteiger charge is -2.04. The summed E-state index contributed by atoms with van der Waals surface area (Å²) < 4.78 is 4.90. The topological polar surface area (TPSA) is 111 Å². The zero-order chi connectivity index (χ0) is 13.8. The van der Waals surface area contributed by atoms with Crippen molar-refractivity contribution in [3.63, 3.8) is 0 Å². The van der Waals surface area contributed by atoms with Crippen molar-refractivity contribution in [2.75, 3.05) is 0 Å². The van der Waals surface area contributed by atoms with Crippen LogP contribution in [-0.2, 0) is 16.1 Å². The molecule has 1 heterocycles. The molecule has 0 bridgehead atoms. The number of nitrogens with two attached hydrogens (primary N) is 1. The van der Waals surface area contributed by atoms with Crippen molar-refractivity contribution in [3.05, 3.63) is 35.7 Å². The monoisotopic (exact) mass is 260 g/mol. The molecule has 1 aromatic heterocycles. The van der Waals surface area contributed by atoms with E-state index in [0.29, 0.717) is 11.7 Å². The van der Waals surface area contributed by atoms with Gasteiger partial charge in [0.15, 0.2) is 0 Å². The number of nitrogens with one attached hydrogen (secondary N) is 1. The summed E-state index contributed by atoms with van der Waals surface area (Å²) in [4.78, 5) is 25.7. The first-order valence-electron chi connectivity index (χ1n) is 5.53. The van der Waals surface area contributed by atoms with Crippen LogP contribution in [0.15, 0.2) is 28.8 Å². The first-order valence-corrected chi connectivity index (χ1v) is 5.53. The summed E-state index contributed by atoms with van der Waals surface area (Å²) >= 11 is 0. The number of primary amides is 1. The summed E-state index contributed by atoms with van der Waals surface area (Å²) in [6.07, 6.45) is 0. The van der Waals surface area contributed by atoms with Gasteiger partial charge in [-0.2, -0.15) is 4.98 Å². The number of aryl methyl sites for hydroxylation is 1. The van der Waals surface area contributed by atoms with Crippen molar-refractivity contribution in [3.8, 4) is 11.4 Å². The van der Waals surface area contributed by atoms with Crippen LogP contribution >= 0.6 is 0 Å². The predicted octanol–water partition coefficient (Wildman–Crippen LogP) is 0.147. The lowest BCUT2D eigenvalue weighted by Crippen LogP contribution is -2.35. The average Bonchev–Trinajstić information content (AvgIpc) is 2.83. The lowest BCUT2D eigenvalue weighted by atomic mass is 10.1. The molecule has 7 nitrogen and oxygen atoms in total. The third-order valence-electron chi connectivity index (χ3n) is 2.39. The molecule has 0 saturated carbocycles. The molecule has 0 atom stereocenters. The fourth-order valence-electron chi connectivity index (χ4n) is 1.51. The van der Waals surface area contributed by atoms with Crippen LogP contribution in [0.3, 0.4) is 0 Å². The summed E-state index contributed by atoms with van der Waals surface area (Å²) in [5, 5.41) is 6.21. The normalized spacial score (nSPS) is 10.2. The van der Waals surface area contributed by atoms with Crippen LogP contribution in [0.2, 0.25) is 0 Å². The molecule has 0 unspecified atom stereocenters. The van der Waals surface area contributed by atoms with Crippen LogP contribution in [-0.4, -0.2) is 22.0 Å². The van der Waals surface area contributed by atoms with Crippen molar-refractivity contribution < 1.29 is 14.1 Å². The Bertz CT molecular complexity index is 621. The van der Waals surface area contributed by atoms with Gasteiger partial charge in [0.2, 0.25) is 11.7 Å². The minimum atomic E-state index is -1.01. The van der Waals surface area contributed by atoms with E-state index in [1.807, 2.05) is 6.07 Å². The molecular formula is C12H12N4O3. The molecule has 1 aromatic carbocycles. The summed E-state index contributed by atoms with van der Waals surface area (Å²) in [5.74, 6) is -0.881. The molecule has 0 aliphatic rings. The fourth-order valence-corrected chi connectivity index (χ4v) is 1.51. The first kappa shape index (κ1) is 12.7. The Morgan fingerprint density at radius 2 is 2.21 bits per heavy atom. The van der Waals surface area contributed by atoms with Gasteiger partial charge in [0, 0.05) is 19.0 Å². The van der Waals surface area contributed by atoms with Gasteiger partial charge >= 0.3 is 11.8 Å². The number of hydrogen-bond donors (Lipinski definition) is 2. The number of carbonyl (C=O) groups excluding carboxylic acids is 2. The molecule has 2 amide bonds. The van der Waals surface area contributed by atoms with Gasteiger partial charge in [-0.25, -0.2) is 0 Å². The second-order valence-corrected chi connectivity index (χ2v) is 3.88. The highest BCUT2D eigenvalue weighted by molar-refractivity contribution is 6.34. The van der Waals surface area contributed by atoms with E-state index in [1.54, 1.807) is 25.1 Å². The maximum Gasteiger partial charge on any atom is 0.309 e. The van der Waals surface area contributed by atoms with E-state index in [-0.39, 0.29) is 6.54 Å². The molecule has 0 radical (unpaired) electrons. The zero-order valence-corrected chi connectivity index (χ0v) is 10.2. The lowest BCUT2D eigenvalue weighted by molar-refractivity contribution is -0.137. The van der Waals surface area contributed by atoms with Gasteiger partial charge in [-0.15, -0.1) is 0 Å². The molecular weight excluding hydrogens is 248 g/mol. The number of carbonyl (C=O) groups is 2. The number of benzene rings is 1. The number of hydrogen-bond acceptors (Lipinski definition) is 5. The second kappa shape index (κ2) is 5.30. The quantitative estimate of drug-likeness (QED) is 0.763. The molecule has 0 aliphatic carbocycles. The highest BCUT2D eigenvalue weighted by Crippen LogP contribution is 2.16. The Labute approximate surface area is 108 Å². The molecule has 0 aliphatic heterocycles. The van der Waals surface area contributed by atoms with E-state index in [9.17, 15) is 9.59 Å². The second-order valence-electron chi connectivity index (χ2n) is 3.88. The van der Waals surface area contributed by atoms with Crippen LogP contribution in [0.25, 0.3) is 11.4 Å². The van der Waals surface area contributed by atoms with E-state index in [4.69, 9.17) is 10.3 Å². The summed E-state index contributed by atoms with van der Waals surface area (Å²) in [6, 6.07) is 7.22. The van der Waals surface area contributed by atoms with Crippen molar-refractivity contribution in [2.24, 2.45) is 5.73 Å². The van der Waals surface area contributed by atoms with Gasteiger partial charge in [-0.3, -0.25) is 9.59 Å². The Kier molecular flexibility index (Phi) is 3.56. The van der Waals surface area contributed by atoms with E-state index >= 15 is 0 Å². The minimum Gasteiger partial charge on any atom is -0.361 e. The van der Waals surface area contributed by atoms with E-state index in [1.165, 1.54) is 0 Å². The highest BCUT2D eigenvalue weighted by Gasteiger charge is 2.09. The molecule has 2 rings (SSSR count). The van der Waals surface area contributed by atoms with E-state index in [0.717, 1.165) is 11.1 Å². The summed E-state index contributed by atoms with van der Waals surface area (Å²) in [7, 11) is 0. The minimum absolute atomic E-state index is 0.201. The van der Waals surface area contributed by atoms with Gasteiger partial charge in [0.05, 0.1) is 0 Å². The van der Waals surface area contributed by atoms with Crippen LogP contribution in [0.5, 0.6) is 0 Å². The van der Waals surface area contributed by atoms with Crippen molar-refractivity contribution in [1.82, 2.24) is 15.5 Å². The van der Waals surface area contributed by atoms with Gasteiger partial charge in [-0.05, 0) is 11.6 Å². The van der Waals surface area contributed by atoms with E-state index in [2.05, 4.69) is 15.5 Å². The molecule has 7 heteroatoms. The molecule has 98 valence electrons. The molecule has 2 aromatic rings. The van der Waals surface area contributed by atoms with Crippen LogP contribution in [0, 0.1) is 6.92 Å². The summed E-state index contributed by atoms with van der Waals surface area (Å²) in [6.45, 7) is 1.90. The van der Waals surface area contributed by atoms with Crippen LogP contribution < -0.4 is 11.1 Å². The standard InChI is InChI=1S/C12H12N4O3/c1-7-15-11(16-19-7)9-4-2-3-8(5-9)6-14-12(18)10(13)17/h2-5H,6H2,1H3,(H2,13,17)(H,14,18). The summed E-state index contributed by atoms with van der Waals surface area (Å²) in [5.41, 5.74) is 6.41. The smallest absolute Gasteiger partial charge is 0.309 e. The van der Waals surface area contributed by atoms with Gasteiger partial charge in [0.1, 0.15) is 0 Å². The van der Waals surface area contributed by atoms with Gasteiger partial charge in [-0.1, -0.05) is 23.4 Å². The number of rotatable bonds is 3. The Morgan fingerprint density at radius 3 is 2.84 bits per heavy atom. The maximum atomic E-state index is 11.0.